The second-order valence-electron chi connectivity index (χ2n) is 8.31. The van der Waals surface area contributed by atoms with Gasteiger partial charge in [0.05, 0.1) is 12.1 Å². The van der Waals surface area contributed by atoms with Crippen molar-refractivity contribution in [3.8, 4) is 0 Å². The summed E-state index contributed by atoms with van der Waals surface area (Å²) in [4.78, 5) is 2.35. The fourth-order valence-electron chi connectivity index (χ4n) is 4.67. The Balaban J connectivity index is 1.64. The number of aliphatic hydroxyl groups is 1. The van der Waals surface area contributed by atoms with E-state index in [2.05, 4.69) is 53.4 Å². The summed E-state index contributed by atoms with van der Waals surface area (Å²) in [5, 5.41) is 12.3. The summed E-state index contributed by atoms with van der Waals surface area (Å²) in [6.07, 6.45) is -0.259. The van der Waals surface area contributed by atoms with Gasteiger partial charge in [0.2, 0.25) is 5.79 Å². The summed E-state index contributed by atoms with van der Waals surface area (Å²) in [7, 11) is 0. The molecular formula is C29H27NO2. The third kappa shape index (κ3) is 4.11. The molecule has 0 bridgehead atoms. The van der Waals surface area contributed by atoms with Gasteiger partial charge in [-0.2, -0.15) is 0 Å². The molecule has 1 fully saturated rings. The molecule has 4 aromatic rings. The van der Waals surface area contributed by atoms with Crippen molar-refractivity contribution in [2.45, 2.75) is 24.5 Å². The van der Waals surface area contributed by atoms with E-state index < -0.39 is 5.79 Å². The van der Waals surface area contributed by atoms with Crippen molar-refractivity contribution in [1.29, 1.82) is 0 Å². The SMILES string of the molecule is O[C@]1(c2ccccc2)O[C@@H](c2ccccc2)CN(Cc2ccccc2)[C@H]1c1ccccc1. The van der Waals surface area contributed by atoms with Crippen LogP contribution in [0.1, 0.15) is 34.4 Å². The maximum Gasteiger partial charge on any atom is 0.213 e. The maximum atomic E-state index is 12.3. The average molecular weight is 422 g/mol. The lowest BCUT2D eigenvalue weighted by Crippen LogP contribution is -2.53. The third-order valence-corrected chi connectivity index (χ3v) is 6.16. The first-order valence-electron chi connectivity index (χ1n) is 11.1. The fraction of sp³-hybridized carbons (Fsp3) is 0.172. The predicted octanol–water partition coefficient (Wildman–Crippen LogP) is 5.85. The number of rotatable bonds is 5. The molecule has 3 nitrogen and oxygen atoms in total. The second kappa shape index (κ2) is 9.09. The molecule has 1 saturated heterocycles. The molecule has 0 saturated carbocycles. The summed E-state index contributed by atoms with van der Waals surface area (Å²) in [6.45, 7) is 1.38. The van der Waals surface area contributed by atoms with E-state index in [4.69, 9.17) is 4.74 Å². The Morgan fingerprint density at radius 2 is 1.19 bits per heavy atom. The van der Waals surface area contributed by atoms with Crippen molar-refractivity contribution >= 4 is 0 Å². The number of benzene rings is 4. The largest absolute Gasteiger partial charge is 0.360 e. The van der Waals surface area contributed by atoms with Gasteiger partial charge in [0.25, 0.3) is 0 Å². The standard InChI is InChI=1S/C29H27NO2/c31-29(26-19-11-4-12-20-26)28(25-17-9-3-10-18-25)30(21-23-13-5-1-6-14-23)22-27(32-29)24-15-7-2-8-16-24/h1-20,27-28,31H,21-22H2/t27-,28+,29-/m1/s1. The highest BCUT2D eigenvalue weighted by molar-refractivity contribution is 5.32. The normalized spacial score (nSPS) is 23.7. The Bertz CT molecular complexity index is 1120. The lowest BCUT2D eigenvalue weighted by molar-refractivity contribution is -0.312. The average Bonchev–Trinajstić information content (AvgIpc) is 2.86. The molecule has 0 spiro atoms. The number of morpholine rings is 1. The van der Waals surface area contributed by atoms with Gasteiger partial charge in [-0.3, -0.25) is 4.90 Å². The molecule has 3 heteroatoms. The molecular weight excluding hydrogens is 394 g/mol. The van der Waals surface area contributed by atoms with Crippen LogP contribution in [0.25, 0.3) is 0 Å². The highest BCUT2D eigenvalue weighted by atomic mass is 16.6. The maximum absolute atomic E-state index is 12.3. The van der Waals surface area contributed by atoms with Gasteiger partial charge < -0.3 is 9.84 Å². The Hall–Kier alpha value is -3.24. The molecule has 1 aliphatic heterocycles. The van der Waals surface area contributed by atoms with E-state index in [1.54, 1.807) is 0 Å². The molecule has 4 aromatic carbocycles. The van der Waals surface area contributed by atoms with E-state index in [-0.39, 0.29) is 12.1 Å². The summed E-state index contributed by atoms with van der Waals surface area (Å²) in [5.74, 6) is -1.50. The van der Waals surface area contributed by atoms with E-state index >= 15 is 0 Å². The lowest BCUT2D eigenvalue weighted by Gasteiger charge is -2.50. The van der Waals surface area contributed by atoms with Crippen molar-refractivity contribution in [2.75, 3.05) is 6.54 Å². The van der Waals surface area contributed by atoms with E-state index in [1.807, 2.05) is 72.8 Å². The molecule has 3 atom stereocenters. The number of hydrogen-bond donors (Lipinski definition) is 1. The minimum absolute atomic E-state index is 0.259. The number of nitrogens with zero attached hydrogens (tertiary/aromatic N) is 1. The van der Waals surface area contributed by atoms with Crippen LogP contribution in [0.2, 0.25) is 0 Å². The first-order chi connectivity index (χ1) is 15.7. The summed E-state index contributed by atoms with van der Waals surface area (Å²) in [6, 6.07) is 40.2. The van der Waals surface area contributed by atoms with Gasteiger partial charge in [-0.1, -0.05) is 121 Å². The van der Waals surface area contributed by atoms with E-state index in [0.717, 1.165) is 16.7 Å². The molecule has 0 amide bonds. The molecule has 1 aliphatic rings. The van der Waals surface area contributed by atoms with Crippen LogP contribution in [-0.4, -0.2) is 16.6 Å². The summed E-state index contributed by atoms with van der Waals surface area (Å²) >= 11 is 0. The molecule has 1 heterocycles. The topological polar surface area (TPSA) is 32.7 Å². The Kier molecular flexibility index (Phi) is 5.87. The minimum atomic E-state index is -1.50. The highest BCUT2D eigenvalue weighted by Crippen LogP contribution is 2.48. The van der Waals surface area contributed by atoms with Crippen molar-refractivity contribution in [3.05, 3.63) is 144 Å². The second-order valence-corrected chi connectivity index (χ2v) is 8.31. The molecule has 1 N–H and O–H groups in total. The zero-order valence-corrected chi connectivity index (χ0v) is 17.9. The quantitative estimate of drug-likeness (QED) is 0.439. The molecule has 0 unspecified atom stereocenters. The third-order valence-electron chi connectivity index (χ3n) is 6.16. The first kappa shape index (κ1) is 20.7. The smallest absolute Gasteiger partial charge is 0.213 e. The van der Waals surface area contributed by atoms with Crippen molar-refractivity contribution in [2.24, 2.45) is 0 Å². The number of ether oxygens (including phenoxy) is 1. The van der Waals surface area contributed by atoms with Crippen LogP contribution in [0.3, 0.4) is 0 Å². The van der Waals surface area contributed by atoms with Gasteiger partial charge >= 0.3 is 0 Å². The van der Waals surface area contributed by atoms with Gasteiger partial charge in [0, 0.05) is 18.7 Å². The zero-order valence-electron chi connectivity index (χ0n) is 17.9. The van der Waals surface area contributed by atoms with E-state index in [1.165, 1.54) is 5.56 Å². The Morgan fingerprint density at radius 3 is 1.78 bits per heavy atom. The van der Waals surface area contributed by atoms with Crippen LogP contribution < -0.4 is 0 Å². The van der Waals surface area contributed by atoms with E-state index in [0.29, 0.717) is 13.1 Å². The first-order valence-corrected chi connectivity index (χ1v) is 11.1. The summed E-state index contributed by atoms with van der Waals surface area (Å²) in [5.41, 5.74) is 4.05. The predicted molar refractivity (Wildman–Crippen MR) is 127 cm³/mol. The van der Waals surface area contributed by atoms with Gasteiger partial charge in [0.15, 0.2) is 0 Å². The summed E-state index contributed by atoms with van der Waals surface area (Å²) < 4.78 is 6.59. The lowest BCUT2D eigenvalue weighted by atomic mass is 9.87. The van der Waals surface area contributed by atoms with Crippen LogP contribution in [0.5, 0.6) is 0 Å². The zero-order chi connectivity index (χ0) is 21.8. The fourth-order valence-corrected chi connectivity index (χ4v) is 4.67. The molecule has 32 heavy (non-hydrogen) atoms. The van der Waals surface area contributed by atoms with Gasteiger partial charge in [-0.15, -0.1) is 0 Å². The van der Waals surface area contributed by atoms with Gasteiger partial charge in [-0.05, 0) is 16.7 Å². The molecule has 0 aliphatic carbocycles. The van der Waals surface area contributed by atoms with Gasteiger partial charge in [-0.25, -0.2) is 0 Å². The molecule has 5 rings (SSSR count). The van der Waals surface area contributed by atoms with Crippen molar-refractivity contribution in [3.63, 3.8) is 0 Å². The van der Waals surface area contributed by atoms with Gasteiger partial charge in [0.1, 0.15) is 0 Å². The Labute approximate surface area is 189 Å². The van der Waals surface area contributed by atoms with Crippen molar-refractivity contribution in [1.82, 2.24) is 4.90 Å². The minimum Gasteiger partial charge on any atom is -0.360 e. The van der Waals surface area contributed by atoms with Crippen LogP contribution in [0.15, 0.2) is 121 Å². The molecule has 0 aromatic heterocycles. The van der Waals surface area contributed by atoms with Crippen LogP contribution in [0.4, 0.5) is 0 Å². The Morgan fingerprint density at radius 1 is 0.688 bits per heavy atom. The molecule has 160 valence electrons. The van der Waals surface area contributed by atoms with E-state index in [9.17, 15) is 5.11 Å². The monoisotopic (exact) mass is 421 g/mol. The number of hydrogen-bond acceptors (Lipinski definition) is 3. The van der Waals surface area contributed by atoms with Crippen LogP contribution in [-0.2, 0) is 17.1 Å². The van der Waals surface area contributed by atoms with Crippen molar-refractivity contribution < 1.29 is 9.84 Å². The van der Waals surface area contributed by atoms with Crippen LogP contribution >= 0.6 is 0 Å². The highest BCUT2D eigenvalue weighted by Gasteiger charge is 2.50. The molecule has 0 radical (unpaired) electrons. The van der Waals surface area contributed by atoms with Crippen LogP contribution in [0, 0.1) is 0 Å².